The van der Waals surface area contributed by atoms with Gasteiger partial charge in [0.2, 0.25) is 0 Å². The Balaban J connectivity index is 1.70. The molecule has 0 aliphatic heterocycles. The molecule has 0 aliphatic carbocycles. The molecular weight excluding hydrogens is 294 g/mol. The number of nitrogens with one attached hydrogen (secondary N) is 1. The highest BCUT2D eigenvalue weighted by molar-refractivity contribution is 5.94. The predicted octanol–water partition coefficient (Wildman–Crippen LogP) is 3.00. The summed E-state index contributed by atoms with van der Waals surface area (Å²) in [4.78, 5) is 23.0. The minimum absolute atomic E-state index is 0.000301. The van der Waals surface area contributed by atoms with Crippen molar-refractivity contribution in [3.8, 4) is 5.75 Å². The summed E-state index contributed by atoms with van der Waals surface area (Å²) in [5.41, 5.74) is 0.619. The number of hydrogen-bond donors (Lipinski definition) is 1. The van der Waals surface area contributed by atoms with E-state index < -0.39 is 0 Å². The van der Waals surface area contributed by atoms with Crippen LogP contribution in [0.3, 0.4) is 0 Å². The van der Waals surface area contributed by atoms with Crippen LogP contribution in [0.4, 0.5) is 0 Å². The molecule has 1 amide bonds. The molecule has 0 aliphatic rings. The minimum Gasteiger partial charge on any atom is -0.484 e. The standard InChI is InChI=1S/C18H21NO4/c1-13(5-8-16-4-3-11-22-16)19-18(21)12-23-17-9-6-15(7-10-17)14(2)20/h3-4,6-7,9-11,13H,5,8,12H2,1-2H3,(H,19,21)/t13-/m0/s1. The second-order valence-corrected chi connectivity index (χ2v) is 5.46. The van der Waals surface area contributed by atoms with Crippen LogP contribution in [-0.2, 0) is 11.2 Å². The first-order valence-corrected chi connectivity index (χ1v) is 7.60. The molecule has 1 heterocycles. The highest BCUT2D eigenvalue weighted by Crippen LogP contribution is 2.12. The summed E-state index contributed by atoms with van der Waals surface area (Å²) in [6, 6.07) is 10.5. The van der Waals surface area contributed by atoms with Crippen LogP contribution in [0.1, 0.15) is 36.4 Å². The van der Waals surface area contributed by atoms with Crippen molar-refractivity contribution >= 4 is 11.7 Å². The molecule has 0 unspecified atom stereocenters. The molecule has 1 atom stereocenters. The molecule has 1 aromatic carbocycles. The summed E-state index contributed by atoms with van der Waals surface area (Å²) in [5.74, 6) is 1.30. The molecule has 0 fully saturated rings. The van der Waals surface area contributed by atoms with Gasteiger partial charge < -0.3 is 14.5 Å². The number of furan rings is 1. The minimum atomic E-state index is -0.174. The molecule has 1 aromatic heterocycles. The Morgan fingerprint density at radius 3 is 2.57 bits per heavy atom. The fourth-order valence-corrected chi connectivity index (χ4v) is 2.14. The SMILES string of the molecule is CC(=O)c1ccc(OCC(=O)N[C@@H](C)CCc2ccco2)cc1. The number of benzene rings is 1. The Bertz CT molecular complexity index is 632. The van der Waals surface area contributed by atoms with Crippen LogP contribution in [0.5, 0.6) is 5.75 Å². The van der Waals surface area contributed by atoms with Crippen LogP contribution in [0.25, 0.3) is 0 Å². The van der Waals surface area contributed by atoms with Crippen molar-refractivity contribution in [3.63, 3.8) is 0 Å². The Morgan fingerprint density at radius 2 is 1.96 bits per heavy atom. The van der Waals surface area contributed by atoms with Crippen LogP contribution in [-0.4, -0.2) is 24.3 Å². The van der Waals surface area contributed by atoms with E-state index in [1.807, 2.05) is 19.1 Å². The van der Waals surface area contributed by atoms with E-state index in [4.69, 9.17) is 9.15 Å². The molecule has 5 nitrogen and oxygen atoms in total. The Labute approximate surface area is 135 Å². The van der Waals surface area contributed by atoms with Gasteiger partial charge >= 0.3 is 0 Å². The fourth-order valence-electron chi connectivity index (χ4n) is 2.14. The quantitative estimate of drug-likeness (QED) is 0.760. The molecule has 2 rings (SSSR count). The molecular formula is C18H21NO4. The summed E-state index contributed by atoms with van der Waals surface area (Å²) < 4.78 is 10.7. The summed E-state index contributed by atoms with van der Waals surface area (Å²) in [7, 11) is 0. The maximum absolute atomic E-state index is 11.8. The van der Waals surface area contributed by atoms with Crippen molar-refractivity contribution < 1.29 is 18.7 Å². The van der Waals surface area contributed by atoms with Crippen molar-refractivity contribution in [2.45, 2.75) is 32.7 Å². The number of carbonyl (C=O) groups is 2. The average Bonchev–Trinajstić information content (AvgIpc) is 3.05. The number of carbonyl (C=O) groups excluding carboxylic acids is 2. The normalized spacial score (nSPS) is 11.7. The van der Waals surface area contributed by atoms with Crippen molar-refractivity contribution in [3.05, 3.63) is 54.0 Å². The van der Waals surface area contributed by atoms with E-state index in [1.54, 1.807) is 30.5 Å². The van der Waals surface area contributed by atoms with E-state index >= 15 is 0 Å². The van der Waals surface area contributed by atoms with Gasteiger partial charge in [-0.2, -0.15) is 0 Å². The smallest absolute Gasteiger partial charge is 0.258 e. The number of hydrogen-bond acceptors (Lipinski definition) is 4. The number of ether oxygens (including phenoxy) is 1. The molecule has 0 saturated carbocycles. The zero-order valence-electron chi connectivity index (χ0n) is 13.4. The van der Waals surface area contributed by atoms with Gasteiger partial charge in [0.1, 0.15) is 11.5 Å². The third-order valence-electron chi connectivity index (χ3n) is 3.44. The molecule has 0 spiro atoms. The van der Waals surface area contributed by atoms with Crippen molar-refractivity contribution in [1.29, 1.82) is 0 Å². The number of ketones is 1. The van der Waals surface area contributed by atoms with Crippen molar-refractivity contribution in [2.75, 3.05) is 6.61 Å². The number of aryl methyl sites for hydroxylation is 1. The first kappa shape index (κ1) is 16.8. The fraction of sp³-hybridized carbons (Fsp3) is 0.333. The molecule has 0 bridgehead atoms. The van der Waals surface area contributed by atoms with Crippen molar-refractivity contribution in [2.24, 2.45) is 0 Å². The zero-order valence-corrected chi connectivity index (χ0v) is 13.4. The molecule has 5 heteroatoms. The van der Waals surface area contributed by atoms with Gasteiger partial charge in [0.05, 0.1) is 6.26 Å². The van der Waals surface area contributed by atoms with Gasteiger partial charge in [-0.1, -0.05) is 0 Å². The molecule has 0 saturated heterocycles. The predicted molar refractivity (Wildman–Crippen MR) is 86.6 cm³/mol. The lowest BCUT2D eigenvalue weighted by Crippen LogP contribution is -2.36. The Hall–Kier alpha value is -2.56. The highest BCUT2D eigenvalue weighted by atomic mass is 16.5. The summed E-state index contributed by atoms with van der Waals surface area (Å²) in [6.07, 6.45) is 3.22. The number of amides is 1. The first-order valence-electron chi connectivity index (χ1n) is 7.60. The Morgan fingerprint density at radius 1 is 1.22 bits per heavy atom. The largest absolute Gasteiger partial charge is 0.484 e. The monoisotopic (exact) mass is 315 g/mol. The van der Waals surface area contributed by atoms with Crippen LogP contribution in [0, 0.1) is 0 Å². The van der Waals surface area contributed by atoms with Gasteiger partial charge in [-0.25, -0.2) is 0 Å². The van der Waals surface area contributed by atoms with Crippen LogP contribution in [0.2, 0.25) is 0 Å². The van der Waals surface area contributed by atoms with Gasteiger partial charge in [-0.05, 0) is 56.7 Å². The lowest BCUT2D eigenvalue weighted by Gasteiger charge is -2.13. The summed E-state index contributed by atoms with van der Waals surface area (Å²) >= 11 is 0. The molecule has 23 heavy (non-hydrogen) atoms. The van der Waals surface area contributed by atoms with E-state index in [0.29, 0.717) is 11.3 Å². The lowest BCUT2D eigenvalue weighted by molar-refractivity contribution is -0.123. The van der Waals surface area contributed by atoms with Crippen LogP contribution < -0.4 is 10.1 Å². The van der Waals surface area contributed by atoms with E-state index in [0.717, 1.165) is 18.6 Å². The maximum atomic E-state index is 11.8. The van der Waals surface area contributed by atoms with Gasteiger partial charge in [0.25, 0.3) is 5.91 Å². The third kappa shape index (κ3) is 5.62. The molecule has 2 aromatic rings. The van der Waals surface area contributed by atoms with E-state index in [-0.39, 0.29) is 24.3 Å². The summed E-state index contributed by atoms with van der Waals surface area (Å²) in [5, 5.41) is 2.88. The summed E-state index contributed by atoms with van der Waals surface area (Å²) in [6.45, 7) is 3.40. The van der Waals surface area contributed by atoms with Gasteiger partial charge in [0.15, 0.2) is 12.4 Å². The Kier molecular flexibility index (Phi) is 5.97. The second-order valence-electron chi connectivity index (χ2n) is 5.46. The van der Waals surface area contributed by atoms with Gasteiger partial charge in [-0.15, -0.1) is 0 Å². The molecule has 1 N–H and O–H groups in total. The maximum Gasteiger partial charge on any atom is 0.258 e. The lowest BCUT2D eigenvalue weighted by atomic mass is 10.1. The van der Waals surface area contributed by atoms with Crippen molar-refractivity contribution in [1.82, 2.24) is 5.32 Å². The average molecular weight is 315 g/mol. The van der Waals surface area contributed by atoms with E-state index in [9.17, 15) is 9.59 Å². The third-order valence-corrected chi connectivity index (χ3v) is 3.44. The van der Waals surface area contributed by atoms with Gasteiger partial charge in [0, 0.05) is 18.0 Å². The van der Waals surface area contributed by atoms with E-state index in [1.165, 1.54) is 6.92 Å². The van der Waals surface area contributed by atoms with Crippen LogP contribution in [0.15, 0.2) is 47.1 Å². The second kappa shape index (κ2) is 8.17. The van der Waals surface area contributed by atoms with E-state index in [2.05, 4.69) is 5.32 Å². The molecule has 122 valence electrons. The van der Waals surface area contributed by atoms with Crippen LogP contribution >= 0.6 is 0 Å². The topological polar surface area (TPSA) is 68.5 Å². The first-order chi connectivity index (χ1) is 11.0. The number of Topliss-reactive ketones (excluding diaryl/α,β-unsaturated/α-hetero) is 1. The highest BCUT2D eigenvalue weighted by Gasteiger charge is 2.09. The van der Waals surface area contributed by atoms with Gasteiger partial charge in [-0.3, -0.25) is 9.59 Å². The number of rotatable bonds is 8. The zero-order chi connectivity index (χ0) is 16.7. The molecule has 0 radical (unpaired) electrons.